The van der Waals surface area contributed by atoms with Crippen LogP contribution in [0, 0.1) is 0 Å². The van der Waals surface area contributed by atoms with Gasteiger partial charge in [-0.05, 0) is 51.3 Å². The predicted octanol–water partition coefficient (Wildman–Crippen LogP) is 3.63. The zero-order chi connectivity index (χ0) is 13.2. The first-order valence-corrected chi connectivity index (χ1v) is 6.95. The molecule has 1 aliphatic carbocycles. The van der Waals surface area contributed by atoms with Gasteiger partial charge in [0.25, 0.3) is 0 Å². The van der Waals surface area contributed by atoms with Crippen LogP contribution < -0.4 is 10.5 Å². The van der Waals surface area contributed by atoms with Crippen molar-refractivity contribution in [2.75, 3.05) is 6.54 Å². The monoisotopic (exact) mass is 247 g/mol. The van der Waals surface area contributed by atoms with E-state index < -0.39 is 0 Å². The Morgan fingerprint density at radius 2 is 1.67 bits per heavy atom. The molecule has 1 saturated carbocycles. The van der Waals surface area contributed by atoms with E-state index in [2.05, 4.69) is 45.0 Å². The van der Waals surface area contributed by atoms with E-state index in [4.69, 9.17) is 10.5 Å². The molecule has 0 radical (unpaired) electrons. The Kier molecular flexibility index (Phi) is 3.67. The van der Waals surface area contributed by atoms with Gasteiger partial charge in [-0.2, -0.15) is 0 Å². The third-order valence-corrected chi connectivity index (χ3v) is 3.84. The third-order valence-electron chi connectivity index (χ3n) is 3.84. The molecular weight excluding hydrogens is 222 g/mol. The van der Waals surface area contributed by atoms with E-state index in [1.54, 1.807) is 0 Å². The Bertz CT molecular complexity index is 383. The molecule has 2 nitrogen and oxygen atoms in total. The average molecular weight is 247 g/mol. The third kappa shape index (κ3) is 2.86. The summed E-state index contributed by atoms with van der Waals surface area (Å²) >= 11 is 0. The molecule has 0 aliphatic heterocycles. The number of ether oxygens (including phenoxy) is 1. The molecule has 100 valence electrons. The number of hydrogen-bond donors (Lipinski definition) is 1. The van der Waals surface area contributed by atoms with Crippen LogP contribution in [-0.4, -0.2) is 12.1 Å². The Morgan fingerprint density at radius 3 is 2.11 bits per heavy atom. The quantitative estimate of drug-likeness (QED) is 0.885. The maximum atomic E-state index is 6.01. The van der Waals surface area contributed by atoms with Crippen molar-refractivity contribution in [1.29, 1.82) is 0 Å². The molecule has 0 amide bonds. The maximum absolute atomic E-state index is 6.01. The summed E-state index contributed by atoms with van der Waals surface area (Å²) in [5, 5.41) is 0. The van der Waals surface area contributed by atoms with Crippen LogP contribution in [-0.2, 0) is 5.41 Å². The van der Waals surface area contributed by atoms with Crippen LogP contribution in [0.15, 0.2) is 24.3 Å². The SMILES string of the molecule is CC(C)(C)Oc1ccc(C2(CN)CCCC2)cc1. The lowest BCUT2D eigenvalue weighted by molar-refractivity contribution is 0.131. The van der Waals surface area contributed by atoms with Crippen molar-refractivity contribution in [1.82, 2.24) is 0 Å². The van der Waals surface area contributed by atoms with Gasteiger partial charge in [-0.1, -0.05) is 25.0 Å². The first-order valence-electron chi connectivity index (χ1n) is 6.95. The zero-order valence-electron chi connectivity index (χ0n) is 11.8. The van der Waals surface area contributed by atoms with E-state index in [9.17, 15) is 0 Å². The summed E-state index contributed by atoms with van der Waals surface area (Å²) in [5.74, 6) is 0.941. The lowest BCUT2D eigenvalue weighted by Crippen LogP contribution is -2.32. The predicted molar refractivity (Wildman–Crippen MR) is 76.0 cm³/mol. The van der Waals surface area contributed by atoms with E-state index in [1.165, 1.54) is 31.2 Å². The van der Waals surface area contributed by atoms with Gasteiger partial charge >= 0.3 is 0 Å². The Morgan fingerprint density at radius 1 is 1.11 bits per heavy atom. The highest BCUT2D eigenvalue weighted by Gasteiger charge is 2.34. The van der Waals surface area contributed by atoms with E-state index in [-0.39, 0.29) is 11.0 Å². The van der Waals surface area contributed by atoms with Gasteiger partial charge in [0.2, 0.25) is 0 Å². The lowest BCUT2D eigenvalue weighted by Gasteiger charge is -2.28. The van der Waals surface area contributed by atoms with Crippen LogP contribution in [0.5, 0.6) is 5.75 Å². The van der Waals surface area contributed by atoms with Crippen LogP contribution in [0.25, 0.3) is 0 Å². The van der Waals surface area contributed by atoms with Crippen molar-refractivity contribution in [3.63, 3.8) is 0 Å². The molecule has 1 aromatic rings. The minimum absolute atomic E-state index is 0.138. The second-order valence-electron chi connectivity index (χ2n) is 6.43. The molecule has 2 N–H and O–H groups in total. The van der Waals surface area contributed by atoms with Crippen molar-refractivity contribution >= 4 is 0 Å². The van der Waals surface area contributed by atoms with E-state index in [0.717, 1.165) is 12.3 Å². The zero-order valence-corrected chi connectivity index (χ0v) is 11.8. The summed E-state index contributed by atoms with van der Waals surface area (Å²) in [7, 11) is 0. The first kappa shape index (κ1) is 13.4. The molecular formula is C16H25NO. The molecule has 1 aliphatic rings. The van der Waals surface area contributed by atoms with Crippen LogP contribution in [0.3, 0.4) is 0 Å². The van der Waals surface area contributed by atoms with Crippen molar-refractivity contribution < 1.29 is 4.74 Å². The van der Waals surface area contributed by atoms with Gasteiger partial charge in [0.1, 0.15) is 11.4 Å². The normalized spacial score (nSPS) is 18.9. The van der Waals surface area contributed by atoms with E-state index in [0.29, 0.717) is 0 Å². The minimum atomic E-state index is -0.138. The molecule has 0 spiro atoms. The van der Waals surface area contributed by atoms with Gasteiger partial charge in [0.15, 0.2) is 0 Å². The van der Waals surface area contributed by atoms with Gasteiger partial charge in [-0.15, -0.1) is 0 Å². The number of benzene rings is 1. The largest absolute Gasteiger partial charge is 0.488 e. The van der Waals surface area contributed by atoms with Crippen LogP contribution in [0.2, 0.25) is 0 Å². The summed E-state index contributed by atoms with van der Waals surface area (Å²) in [6, 6.07) is 8.55. The summed E-state index contributed by atoms with van der Waals surface area (Å²) in [6.07, 6.45) is 5.06. The standard InChI is InChI=1S/C16H25NO/c1-15(2,3)18-14-8-6-13(7-9-14)16(12-17)10-4-5-11-16/h6-9H,4-5,10-12,17H2,1-3H3. The van der Waals surface area contributed by atoms with Crippen LogP contribution >= 0.6 is 0 Å². The van der Waals surface area contributed by atoms with Gasteiger partial charge in [0, 0.05) is 12.0 Å². The van der Waals surface area contributed by atoms with Crippen molar-refractivity contribution in [2.24, 2.45) is 5.73 Å². The first-order chi connectivity index (χ1) is 8.45. The fourth-order valence-electron chi connectivity index (χ4n) is 2.89. The fraction of sp³-hybridized carbons (Fsp3) is 0.625. The summed E-state index contributed by atoms with van der Waals surface area (Å²) in [6.45, 7) is 6.96. The Hall–Kier alpha value is -1.02. The Balaban J connectivity index is 2.16. The molecule has 0 unspecified atom stereocenters. The van der Waals surface area contributed by atoms with Gasteiger partial charge in [-0.3, -0.25) is 0 Å². The molecule has 2 heteroatoms. The number of hydrogen-bond acceptors (Lipinski definition) is 2. The summed E-state index contributed by atoms with van der Waals surface area (Å²) in [5.41, 5.74) is 7.47. The number of rotatable bonds is 3. The van der Waals surface area contributed by atoms with Gasteiger partial charge < -0.3 is 10.5 Å². The molecule has 18 heavy (non-hydrogen) atoms. The molecule has 0 saturated heterocycles. The molecule has 0 aromatic heterocycles. The minimum Gasteiger partial charge on any atom is -0.488 e. The van der Waals surface area contributed by atoms with Crippen molar-refractivity contribution in [2.45, 2.75) is 57.5 Å². The van der Waals surface area contributed by atoms with Crippen LogP contribution in [0.1, 0.15) is 52.0 Å². The van der Waals surface area contributed by atoms with Gasteiger partial charge in [0.05, 0.1) is 0 Å². The van der Waals surface area contributed by atoms with E-state index in [1.807, 2.05) is 0 Å². The maximum Gasteiger partial charge on any atom is 0.120 e. The molecule has 0 atom stereocenters. The lowest BCUT2D eigenvalue weighted by atomic mass is 9.79. The van der Waals surface area contributed by atoms with Crippen molar-refractivity contribution in [3.8, 4) is 5.75 Å². The molecule has 1 aromatic carbocycles. The highest BCUT2D eigenvalue weighted by Crippen LogP contribution is 2.40. The second-order valence-corrected chi connectivity index (χ2v) is 6.43. The average Bonchev–Trinajstić information content (AvgIpc) is 2.77. The second kappa shape index (κ2) is 4.93. The molecule has 0 heterocycles. The summed E-state index contributed by atoms with van der Waals surface area (Å²) < 4.78 is 5.85. The highest BCUT2D eigenvalue weighted by molar-refractivity contribution is 5.33. The van der Waals surface area contributed by atoms with Crippen LogP contribution in [0.4, 0.5) is 0 Å². The Labute approximate surface area is 111 Å². The van der Waals surface area contributed by atoms with Crippen molar-refractivity contribution in [3.05, 3.63) is 29.8 Å². The van der Waals surface area contributed by atoms with Gasteiger partial charge in [-0.25, -0.2) is 0 Å². The molecule has 0 bridgehead atoms. The molecule has 1 fully saturated rings. The topological polar surface area (TPSA) is 35.2 Å². The molecule has 2 rings (SSSR count). The number of nitrogens with two attached hydrogens (primary N) is 1. The fourth-order valence-corrected chi connectivity index (χ4v) is 2.89. The van der Waals surface area contributed by atoms with E-state index >= 15 is 0 Å². The smallest absolute Gasteiger partial charge is 0.120 e. The highest BCUT2D eigenvalue weighted by atomic mass is 16.5. The summed E-state index contributed by atoms with van der Waals surface area (Å²) in [4.78, 5) is 0.